The molecule has 4 rings (SSSR count). The Labute approximate surface area is 160 Å². The largest absolute Gasteiger partial charge is 0.382 e. The topological polar surface area (TPSA) is 75.6 Å². The molecule has 0 amide bonds. The lowest BCUT2D eigenvalue weighted by atomic mass is 10.1. The Bertz CT molecular complexity index is 1090. The minimum Gasteiger partial charge on any atom is -0.382 e. The van der Waals surface area contributed by atoms with Crippen molar-refractivity contribution in [2.45, 2.75) is 12.8 Å². The first kappa shape index (κ1) is 17.3. The molecule has 0 fully saturated rings. The van der Waals surface area contributed by atoms with Crippen molar-refractivity contribution in [3.05, 3.63) is 81.7 Å². The van der Waals surface area contributed by atoms with E-state index in [1.807, 2.05) is 42.5 Å². The van der Waals surface area contributed by atoms with Gasteiger partial charge in [-0.05, 0) is 30.5 Å². The molecule has 7 heteroatoms. The van der Waals surface area contributed by atoms with E-state index in [9.17, 15) is 4.79 Å². The van der Waals surface area contributed by atoms with Crippen LogP contribution in [-0.4, -0.2) is 26.3 Å². The van der Waals surface area contributed by atoms with E-state index in [0.717, 1.165) is 23.9 Å². The Hall–Kier alpha value is -3.12. The molecule has 0 unspecified atom stereocenters. The van der Waals surface area contributed by atoms with Gasteiger partial charge in [0.15, 0.2) is 0 Å². The van der Waals surface area contributed by atoms with Crippen molar-refractivity contribution in [3.63, 3.8) is 0 Å². The van der Waals surface area contributed by atoms with Gasteiger partial charge in [-0.3, -0.25) is 4.79 Å². The zero-order chi connectivity index (χ0) is 18.6. The van der Waals surface area contributed by atoms with Gasteiger partial charge in [0.2, 0.25) is 5.95 Å². The lowest BCUT2D eigenvalue weighted by Crippen LogP contribution is -2.23. The van der Waals surface area contributed by atoms with Crippen LogP contribution in [-0.2, 0) is 6.42 Å². The number of rotatable bonds is 6. The highest BCUT2D eigenvalue weighted by molar-refractivity contribution is 6.32. The van der Waals surface area contributed by atoms with Gasteiger partial charge >= 0.3 is 0 Å². The molecule has 0 spiro atoms. The number of hydrogen-bond acceptors (Lipinski definition) is 4. The van der Waals surface area contributed by atoms with Gasteiger partial charge in [-0.15, -0.1) is 0 Å². The Morgan fingerprint density at radius 2 is 1.85 bits per heavy atom. The molecule has 0 aliphatic rings. The van der Waals surface area contributed by atoms with Gasteiger partial charge in [-0.2, -0.15) is 9.78 Å². The third-order valence-electron chi connectivity index (χ3n) is 4.30. The van der Waals surface area contributed by atoms with Crippen molar-refractivity contribution < 1.29 is 0 Å². The number of anilines is 1. The number of H-pyrrole nitrogens is 1. The second kappa shape index (κ2) is 7.63. The molecule has 136 valence electrons. The summed E-state index contributed by atoms with van der Waals surface area (Å²) in [5.74, 6) is 0.346. The first-order valence-electron chi connectivity index (χ1n) is 8.73. The maximum atomic E-state index is 12.6. The Morgan fingerprint density at radius 1 is 1.07 bits per heavy atom. The van der Waals surface area contributed by atoms with E-state index < -0.39 is 5.56 Å². The second-order valence-electron chi connectivity index (χ2n) is 6.18. The molecular formula is C20H18ClN5O. The van der Waals surface area contributed by atoms with Gasteiger partial charge in [-0.25, -0.2) is 4.98 Å². The number of fused-ring (bicyclic) bond motifs is 1. The van der Waals surface area contributed by atoms with Crippen LogP contribution in [0.2, 0.25) is 5.02 Å². The van der Waals surface area contributed by atoms with Crippen LogP contribution in [0.15, 0.2) is 65.6 Å². The monoisotopic (exact) mass is 379 g/mol. The van der Waals surface area contributed by atoms with Crippen LogP contribution < -0.4 is 10.9 Å². The average molecular weight is 380 g/mol. The van der Waals surface area contributed by atoms with E-state index in [1.54, 1.807) is 6.20 Å². The summed E-state index contributed by atoms with van der Waals surface area (Å²) in [5, 5.41) is 7.50. The molecule has 2 heterocycles. The summed E-state index contributed by atoms with van der Waals surface area (Å²) in [5.41, 5.74) is 3.00. The van der Waals surface area contributed by atoms with Crippen LogP contribution in [0.3, 0.4) is 0 Å². The maximum absolute atomic E-state index is 12.6. The molecule has 0 bridgehead atoms. The molecule has 27 heavy (non-hydrogen) atoms. The van der Waals surface area contributed by atoms with Crippen molar-refractivity contribution in [1.82, 2.24) is 19.7 Å². The Morgan fingerprint density at radius 3 is 2.67 bits per heavy atom. The van der Waals surface area contributed by atoms with Crippen molar-refractivity contribution in [2.24, 2.45) is 0 Å². The number of aromatic amines is 1. The maximum Gasteiger partial charge on any atom is 0.295 e. The number of benzene rings is 2. The molecular weight excluding hydrogens is 362 g/mol. The van der Waals surface area contributed by atoms with Crippen LogP contribution in [0.1, 0.15) is 12.0 Å². The Balaban J connectivity index is 1.47. The van der Waals surface area contributed by atoms with E-state index in [4.69, 9.17) is 11.6 Å². The number of hydrogen-bond donors (Lipinski definition) is 2. The van der Waals surface area contributed by atoms with Crippen molar-refractivity contribution in [3.8, 4) is 5.95 Å². The molecule has 4 aromatic rings. The quantitative estimate of drug-likeness (QED) is 0.499. The predicted octanol–water partition coefficient (Wildman–Crippen LogP) is 3.81. The van der Waals surface area contributed by atoms with Crippen LogP contribution >= 0.6 is 11.6 Å². The van der Waals surface area contributed by atoms with Gasteiger partial charge in [0, 0.05) is 6.54 Å². The fraction of sp³-hybridized carbons (Fsp3) is 0.150. The van der Waals surface area contributed by atoms with Crippen LogP contribution in [0.4, 0.5) is 5.69 Å². The molecule has 2 N–H and O–H groups in total. The van der Waals surface area contributed by atoms with Crippen LogP contribution in [0, 0.1) is 0 Å². The Kier molecular flexibility index (Phi) is 4.89. The van der Waals surface area contributed by atoms with Gasteiger partial charge in [0.05, 0.1) is 22.9 Å². The van der Waals surface area contributed by atoms with E-state index in [2.05, 4.69) is 32.5 Å². The normalized spacial score (nSPS) is 11.0. The molecule has 2 aromatic heterocycles. The van der Waals surface area contributed by atoms with Gasteiger partial charge in [0.25, 0.3) is 5.56 Å². The second-order valence-corrected chi connectivity index (χ2v) is 6.56. The number of halogens is 1. The zero-order valence-corrected chi connectivity index (χ0v) is 15.3. The SMILES string of the molecule is O=c1c(Cl)c(NCCCc2ccccc2)cnn1-c1nc2ccccc2[nH]1. The van der Waals surface area contributed by atoms with Gasteiger partial charge < -0.3 is 10.3 Å². The third kappa shape index (κ3) is 3.71. The highest BCUT2D eigenvalue weighted by atomic mass is 35.5. The summed E-state index contributed by atoms with van der Waals surface area (Å²) in [4.78, 5) is 20.1. The molecule has 0 aliphatic heterocycles. The summed E-state index contributed by atoms with van der Waals surface area (Å²) < 4.78 is 1.18. The minimum absolute atomic E-state index is 0.102. The third-order valence-corrected chi connectivity index (χ3v) is 4.66. The fourth-order valence-corrected chi connectivity index (χ4v) is 3.10. The van der Waals surface area contributed by atoms with E-state index in [0.29, 0.717) is 18.2 Å². The lowest BCUT2D eigenvalue weighted by molar-refractivity contribution is 0.765. The summed E-state index contributed by atoms with van der Waals surface area (Å²) in [6, 6.07) is 17.8. The summed E-state index contributed by atoms with van der Waals surface area (Å²) in [7, 11) is 0. The standard InChI is InChI=1S/C20H18ClN5O/c21-18-17(22-12-6-9-14-7-2-1-3-8-14)13-23-26(19(18)27)20-24-15-10-4-5-11-16(15)25-20/h1-5,7-8,10-11,13,22H,6,9,12H2,(H,24,25). The number of nitrogens with zero attached hydrogens (tertiary/aromatic N) is 3. The number of imidazole rings is 1. The molecule has 0 aliphatic carbocycles. The average Bonchev–Trinajstić information content (AvgIpc) is 3.13. The lowest BCUT2D eigenvalue weighted by Gasteiger charge is -2.09. The van der Waals surface area contributed by atoms with E-state index in [1.165, 1.54) is 10.2 Å². The highest BCUT2D eigenvalue weighted by Crippen LogP contribution is 2.17. The van der Waals surface area contributed by atoms with Crippen LogP contribution in [0.5, 0.6) is 0 Å². The first-order chi connectivity index (χ1) is 13.2. The van der Waals surface area contributed by atoms with E-state index >= 15 is 0 Å². The van der Waals surface area contributed by atoms with Crippen molar-refractivity contribution in [1.29, 1.82) is 0 Å². The minimum atomic E-state index is -0.413. The smallest absolute Gasteiger partial charge is 0.295 e. The molecule has 0 atom stereocenters. The molecule has 2 aromatic carbocycles. The van der Waals surface area contributed by atoms with Gasteiger partial charge in [0.1, 0.15) is 5.02 Å². The predicted molar refractivity (Wildman–Crippen MR) is 108 cm³/mol. The number of nitrogens with one attached hydrogen (secondary N) is 2. The van der Waals surface area contributed by atoms with Crippen LogP contribution in [0.25, 0.3) is 17.0 Å². The molecule has 6 nitrogen and oxygen atoms in total. The fourth-order valence-electron chi connectivity index (χ4n) is 2.91. The summed E-state index contributed by atoms with van der Waals surface area (Å²) in [6.45, 7) is 0.699. The molecule has 0 saturated heterocycles. The van der Waals surface area contributed by atoms with Crippen molar-refractivity contribution in [2.75, 3.05) is 11.9 Å². The van der Waals surface area contributed by atoms with Gasteiger partial charge in [-0.1, -0.05) is 54.1 Å². The number of aryl methyl sites for hydroxylation is 1. The number of aromatic nitrogens is 4. The zero-order valence-electron chi connectivity index (χ0n) is 14.5. The first-order valence-corrected chi connectivity index (χ1v) is 9.11. The van der Waals surface area contributed by atoms with E-state index in [-0.39, 0.29) is 5.02 Å². The summed E-state index contributed by atoms with van der Waals surface area (Å²) >= 11 is 6.27. The molecule has 0 saturated carbocycles. The van der Waals surface area contributed by atoms with Crippen molar-refractivity contribution >= 4 is 28.3 Å². The summed E-state index contributed by atoms with van der Waals surface area (Å²) in [6.07, 6.45) is 3.43. The highest BCUT2D eigenvalue weighted by Gasteiger charge is 2.13. The molecule has 0 radical (unpaired) electrons. The number of para-hydroxylation sites is 2.